The van der Waals surface area contributed by atoms with Gasteiger partial charge in [-0.25, -0.2) is 4.79 Å². The lowest BCUT2D eigenvalue weighted by atomic mass is 10.0. The van der Waals surface area contributed by atoms with Gasteiger partial charge in [0.15, 0.2) is 5.78 Å². The van der Waals surface area contributed by atoms with Crippen molar-refractivity contribution in [1.29, 1.82) is 0 Å². The first-order valence-electron chi connectivity index (χ1n) is 9.12. The Bertz CT molecular complexity index is 584. The molecule has 0 spiro atoms. The zero-order chi connectivity index (χ0) is 17.7. The lowest BCUT2D eigenvalue weighted by molar-refractivity contribution is 0.0525. The minimum atomic E-state index is -0.368. The van der Waals surface area contributed by atoms with E-state index in [1.165, 1.54) is 25.7 Å². The monoisotopic (exact) mass is 334 g/mol. The number of esters is 1. The number of ether oxygens (including phenoxy) is 1. The van der Waals surface area contributed by atoms with E-state index in [1.54, 1.807) is 20.8 Å². The van der Waals surface area contributed by atoms with Crippen LogP contribution in [-0.4, -0.2) is 35.4 Å². The summed E-state index contributed by atoms with van der Waals surface area (Å²) in [6, 6.07) is 0.146. The summed E-state index contributed by atoms with van der Waals surface area (Å²) in [5.74, 6) is -0.359. The molecule has 1 aliphatic carbocycles. The van der Waals surface area contributed by atoms with E-state index in [2.05, 4.69) is 10.3 Å². The third kappa shape index (κ3) is 4.26. The van der Waals surface area contributed by atoms with Gasteiger partial charge in [-0.15, -0.1) is 0 Å². The van der Waals surface area contributed by atoms with Crippen LogP contribution in [-0.2, 0) is 4.74 Å². The van der Waals surface area contributed by atoms with Crippen LogP contribution >= 0.6 is 0 Å². The van der Waals surface area contributed by atoms with Gasteiger partial charge in [0, 0.05) is 11.7 Å². The number of hydrogen-bond donors (Lipinski definition) is 2. The zero-order valence-electron chi connectivity index (χ0n) is 15.3. The first-order chi connectivity index (χ1) is 11.5. The lowest BCUT2D eigenvalue weighted by Gasteiger charge is -2.21. The van der Waals surface area contributed by atoms with E-state index in [9.17, 15) is 9.59 Å². The molecule has 1 fully saturated rings. The Morgan fingerprint density at radius 3 is 2.42 bits per heavy atom. The van der Waals surface area contributed by atoms with Crippen molar-refractivity contribution in [2.75, 3.05) is 6.61 Å². The van der Waals surface area contributed by atoms with Crippen LogP contribution < -0.4 is 5.32 Å². The normalized spacial score (nSPS) is 17.3. The lowest BCUT2D eigenvalue weighted by Crippen LogP contribution is -2.41. The highest BCUT2D eigenvalue weighted by Gasteiger charge is 2.26. The molecule has 5 nitrogen and oxygen atoms in total. The molecule has 24 heavy (non-hydrogen) atoms. The Labute approximate surface area is 144 Å². The predicted octanol–water partition coefficient (Wildman–Crippen LogP) is 3.69. The van der Waals surface area contributed by atoms with Crippen LogP contribution in [0.5, 0.6) is 0 Å². The molecule has 0 saturated heterocycles. The van der Waals surface area contributed by atoms with Gasteiger partial charge in [-0.1, -0.05) is 25.7 Å². The molecule has 0 aliphatic heterocycles. The number of aromatic nitrogens is 1. The summed E-state index contributed by atoms with van der Waals surface area (Å²) in [4.78, 5) is 28.0. The second-order valence-corrected chi connectivity index (χ2v) is 6.79. The van der Waals surface area contributed by atoms with Gasteiger partial charge in [0.2, 0.25) is 0 Å². The van der Waals surface area contributed by atoms with Crippen LogP contribution in [0.3, 0.4) is 0 Å². The Morgan fingerprint density at radius 1 is 1.21 bits per heavy atom. The van der Waals surface area contributed by atoms with Gasteiger partial charge in [0.25, 0.3) is 0 Å². The number of aromatic amines is 1. The quantitative estimate of drug-likeness (QED) is 0.473. The van der Waals surface area contributed by atoms with E-state index < -0.39 is 0 Å². The average molecular weight is 334 g/mol. The van der Waals surface area contributed by atoms with Crippen molar-refractivity contribution in [3.8, 4) is 0 Å². The van der Waals surface area contributed by atoms with Gasteiger partial charge >= 0.3 is 5.97 Å². The molecule has 1 heterocycles. The summed E-state index contributed by atoms with van der Waals surface area (Å²) in [5.41, 5.74) is 2.38. The van der Waals surface area contributed by atoms with Crippen molar-refractivity contribution in [1.82, 2.24) is 10.3 Å². The van der Waals surface area contributed by atoms with Crippen molar-refractivity contribution >= 4 is 11.8 Å². The van der Waals surface area contributed by atoms with E-state index in [1.807, 2.05) is 6.92 Å². The molecule has 1 saturated carbocycles. The number of nitrogens with one attached hydrogen (secondary N) is 2. The maximum atomic E-state index is 12.8. The number of hydrogen-bond acceptors (Lipinski definition) is 4. The van der Waals surface area contributed by atoms with Crippen molar-refractivity contribution in [3.05, 3.63) is 22.5 Å². The third-order valence-corrected chi connectivity index (χ3v) is 4.90. The highest BCUT2D eigenvalue weighted by atomic mass is 16.5. The summed E-state index contributed by atoms with van der Waals surface area (Å²) < 4.78 is 5.09. The number of ketones is 1. The molecular weight excluding hydrogens is 304 g/mol. The third-order valence-electron chi connectivity index (χ3n) is 4.90. The fourth-order valence-corrected chi connectivity index (χ4v) is 3.60. The van der Waals surface area contributed by atoms with Gasteiger partial charge in [0.05, 0.1) is 23.9 Å². The summed E-state index contributed by atoms with van der Waals surface area (Å²) in [5, 5.41) is 3.48. The molecule has 0 aromatic carbocycles. The number of rotatable bonds is 6. The van der Waals surface area contributed by atoms with Crippen molar-refractivity contribution in [2.24, 2.45) is 0 Å². The minimum absolute atomic E-state index is 0.00963. The van der Waals surface area contributed by atoms with Crippen LogP contribution in [0.1, 0.15) is 84.5 Å². The molecule has 134 valence electrons. The SMILES string of the molecule is CCOC(=O)c1c(C)[nH]c(C(=O)[C@@H](C)NC2CCCCCC2)c1C. The molecule has 5 heteroatoms. The van der Waals surface area contributed by atoms with Gasteiger partial charge in [-0.3, -0.25) is 4.79 Å². The number of carbonyl (C=O) groups excluding carboxylic acids is 2. The first-order valence-corrected chi connectivity index (χ1v) is 9.12. The molecule has 1 aromatic heterocycles. The summed E-state index contributed by atoms with van der Waals surface area (Å²) in [6.45, 7) is 7.62. The Balaban J connectivity index is 2.11. The average Bonchev–Trinajstić information content (AvgIpc) is 2.70. The largest absolute Gasteiger partial charge is 0.462 e. The molecule has 0 unspecified atom stereocenters. The zero-order valence-corrected chi connectivity index (χ0v) is 15.3. The number of carbonyl (C=O) groups is 2. The topological polar surface area (TPSA) is 71.2 Å². The van der Waals surface area contributed by atoms with Crippen LogP contribution in [0.15, 0.2) is 0 Å². The number of aryl methyl sites for hydroxylation is 1. The first kappa shape index (κ1) is 18.7. The minimum Gasteiger partial charge on any atom is -0.462 e. The van der Waals surface area contributed by atoms with E-state index in [0.29, 0.717) is 35.2 Å². The summed E-state index contributed by atoms with van der Waals surface area (Å²) in [6.07, 6.45) is 7.30. The van der Waals surface area contributed by atoms with E-state index >= 15 is 0 Å². The fourth-order valence-electron chi connectivity index (χ4n) is 3.60. The van der Waals surface area contributed by atoms with Crippen LogP contribution in [0.4, 0.5) is 0 Å². The Hall–Kier alpha value is -1.62. The maximum Gasteiger partial charge on any atom is 0.340 e. The molecular formula is C19H30N2O3. The van der Waals surface area contributed by atoms with Crippen LogP contribution in [0.25, 0.3) is 0 Å². The molecule has 2 N–H and O–H groups in total. The van der Waals surface area contributed by atoms with Crippen molar-refractivity contribution in [3.63, 3.8) is 0 Å². The fraction of sp³-hybridized carbons (Fsp3) is 0.684. The Kier molecular flexibility index (Phi) is 6.60. The summed E-state index contributed by atoms with van der Waals surface area (Å²) in [7, 11) is 0. The number of H-pyrrole nitrogens is 1. The standard InChI is InChI=1S/C19H30N2O3/c1-5-24-19(23)16-12(2)17(21-13(16)3)18(22)14(4)20-15-10-8-6-7-9-11-15/h14-15,20-21H,5-11H2,1-4H3/t14-/m1/s1. The molecule has 2 rings (SSSR count). The maximum absolute atomic E-state index is 12.8. The number of Topliss-reactive ketones (excluding diaryl/α,β-unsaturated/α-hetero) is 1. The highest BCUT2D eigenvalue weighted by molar-refractivity contribution is 6.03. The van der Waals surface area contributed by atoms with Crippen LogP contribution in [0, 0.1) is 13.8 Å². The van der Waals surface area contributed by atoms with Gasteiger partial charge in [0.1, 0.15) is 0 Å². The van der Waals surface area contributed by atoms with E-state index in [0.717, 1.165) is 12.8 Å². The highest BCUT2D eigenvalue weighted by Crippen LogP contribution is 2.22. The van der Waals surface area contributed by atoms with Crippen molar-refractivity contribution in [2.45, 2.75) is 78.3 Å². The van der Waals surface area contributed by atoms with Crippen LogP contribution in [0.2, 0.25) is 0 Å². The molecule has 1 atom stereocenters. The molecule has 0 radical (unpaired) electrons. The molecule has 0 amide bonds. The van der Waals surface area contributed by atoms with Gasteiger partial charge in [-0.05, 0) is 46.1 Å². The molecule has 0 bridgehead atoms. The smallest absolute Gasteiger partial charge is 0.340 e. The van der Waals surface area contributed by atoms with Gasteiger partial charge < -0.3 is 15.0 Å². The summed E-state index contributed by atoms with van der Waals surface area (Å²) >= 11 is 0. The van der Waals surface area contributed by atoms with E-state index in [4.69, 9.17) is 4.74 Å². The second-order valence-electron chi connectivity index (χ2n) is 6.79. The predicted molar refractivity (Wildman–Crippen MR) is 94.6 cm³/mol. The van der Waals surface area contributed by atoms with Gasteiger partial charge in [-0.2, -0.15) is 0 Å². The van der Waals surface area contributed by atoms with Crippen molar-refractivity contribution < 1.29 is 14.3 Å². The van der Waals surface area contributed by atoms with E-state index in [-0.39, 0.29) is 17.8 Å². The molecule has 1 aliphatic rings. The second kappa shape index (κ2) is 8.47. The molecule has 1 aromatic rings. The Morgan fingerprint density at radius 2 is 1.83 bits per heavy atom.